The van der Waals surface area contributed by atoms with Crippen LogP contribution in [0.1, 0.15) is 18.9 Å². The van der Waals surface area contributed by atoms with E-state index in [2.05, 4.69) is 4.72 Å². The standard InChI is InChI=1S/C12H16N2O3S/c1-10(6-7-15)9-14-18(16,17)12-5-3-2-4-11(12)8-13/h2-5,10,14-15H,6-7,9H2,1H3. The van der Waals surface area contributed by atoms with Gasteiger partial charge in [-0.1, -0.05) is 19.1 Å². The van der Waals surface area contributed by atoms with Gasteiger partial charge in [0.2, 0.25) is 10.0 Å². The molecule has 0 spiro atoms. The molecule has 0 aliphatic carbocycles. The third-order valence-corrected chi connectivity index (χ3v) is 4.02. The van der Waals surface area contributed by atoms with E-state index in [1.54, 1.807) is 12.1 Å². The van der Waals surface area contributed by atoms with E-state index < -0.39 is 10.0 Å². The van der Waals surface area contributed by atoms with Crippen LogP contribution in [0, 0.1) is 17.2 Å². The highest BCUT2D eigenvalue weighted by Gasteiger charge is 2.18. The molecular formula is C12H16N2O3S. The second-order valence-electron chi connectivity index (χ2n) is 4.08. The molecule has 0 radical (unpaired) electrons. The third kappa shape index (κ3) is 3.81. The van der Waals surface area contributed by atoms with Crippen molar-refractivity contribution in [2.24, 2.45) is 5.92 Å². The van der Waals surface area contributed by atoms with Crippen LogP contribution in [0.5, 0.6) is 0 Å². The van der Waals surface area contributed by atoms with Gasteiger partial charge < -0.3 is 5.11 Å². The summed E-state index contributed by atoms with van der Waals surface area (Å²) >= 11 is 0. The zero-order valence-corrected chi connectivity index (χ0v) is 10.9. The van der Waals surface area contributed by atoms with Gasteiger partial charge in [0, 0.05) is 13.2 Å². The molecule has 18 heavy (non-hydrogen) atoms. The molecule has 0 aliphatic heterocycles. The van der Waals surface area contributed by atoms with Gasteiger partial charge in [0.1, 0.15) is 6.07 Å². The molecular weight excluding hydrogens is 252 g/mol. The monoisotopic (exact) mass is 268 g/mol. The first-order valence-electron chi connectivity index (χ1n) is 5.61. The van der Waals surface area contributed by atoms with Crippen LogP contribution in [0.4, 0.5) is 0 Å². The molecule has 5 nitrogen and oxygen atoms in total. The molecule has 0 amide bonds. The van der Waals surface area contributed by atoms with Crippen LogP contribution in [0.15, 0.2) is 29.2 Å². The van der Waals surface area contributed by atoms with Crippen molar-refractivity contribution in [1.29, 1.82) is 5.26 Å². The zero-order valence-electron chi connectivity index (χ0n) is 10.1. The van der Waals surface area contributed by atoms with Gasteiger partial charge in [-0.3, -0.25) is 0 Å². The highest BCUT2D eigenvalue weighted by molar-refractivity contribution is 7.89. The lowest BCUT2D eigenvalue weighted by molar-refractivity contribution is 0.263. The number of nitrogens with one attached hydrogen (secondary N) is 1. The lowest BCUT2D eigenvalue weighted by atomic mass is 10.1. The molecule has 1 aromatic carbocycles. The normalized spacial score (nSPS) is 12.9. The van der Waals surface area contributed by atoms with Crippen molar-refractivity contribution in [3.63, 3.8) is 0 Å². The Labute approximate surface area is 107 Å². The smallest absolute Gasteiger partial charge is 0.241 e. The number of rotatable bonds is 6. The molecule has 2 N–H and O–H groups in total. The zero-order chi connectivity index (χ0) is 13.6. The Hall–Kier alpha value is -1.42. The van der Waals surface area contributed by atoms with Gasteiger partial charge in [0.25, 0.3) is 0 Å². The number of aliphatic hydroxyl groups is 1. The minimum Gasteiger partial charge on any atom is -0.396 e. The van der Waals surface area contributed by atoms with E-state index in [9.17, 15) is 8.42 Å². The molecule has 1 aromatic rings. The minimum absolute atomic E-state index is 0.0105. The van der Waals surface area contributed by atoms with Crippen LogP contribution in [-0.2, 0) is 10.0 Å². The number of sulfonamides is 1. The van der Waals surface area contributed by atoms with Gasteiger partial charge in [-0.05, 0) is 24.5 Å². The summed E-state index contributed by atoms with van der Waals surface area (Å²) in [4.78, 5) is -0.0105. The predicted octanol–water partition coefficient (Wildman–Crippen LogP) is 0.855. The van der Waals surface area contributed by atoms with Gasteiger partial charge in [0.15, 0.2) is 0 Å². The van der Waals surface area contributed by atoms with E-state index in [4.69, 9.17) is 10.4 Å². The van der Waals surface area contributed by atoms with E-state index in [-0.39, 0.29) is 29.5 Å². The number of aliphatic hydroxyl groups excluding tert-OH is 1. The second kappa shape index (κ2) is 6.50. The highest BCUT2D eigenvalue weighted by Crippen LogP contribution is 2.14. The second-order valence-corrected chi connectivity index (χ2v) is 5.81. The summed E-state index contributed by atoms with van der Waals surface area (Å²) in [6.07, 6.45) is 0.530. The summed E-state index contributed by atoms with van der Waals surface area (Å²) in [7, 11) is -3.67. The van der Waals surface area contributed by atoms with Crippen LogP contribution in [-0.4, -0.2) is 26.7 Å². The van der Waals surface area contributed by atoms with Crippen molar-refractivity contribution >= 4 is 10.0 Å². The summed E-state index contributed by atoms with van der Waals surface area (Å²) in [5, 5.41) is 17.6. The Balaban J connectivity index is 2.84. The predicted molar refractivity (Wildman–Crippen MR) is 67.2 cm³/mol. The molecule has 0 heterocycles. The summed E-state index contributed by atoms with van der Waals surface area (Å²) in [5.41, 5.74) is 0.125. The van der Waals surface area contributed by atoms with Crippen LogP contribution >= 0.6 is 0 Å². The Morgan fingerprint density at radius 2 is 2.11 bits per heavy atom. The molecule has 0 saturated carbocycles. The van der Waals surface area contributed by atoms with Crippen molar-refractivity contribution in [3.05, 3.63) is 29.8 Å². The van der Waals surface area contributed by atoms with E-state index >= 15 is 0 Å². The van der Waals surface area contributed by atoms with Crippen molar-refractivity contribution in [3.8, 4) is 6.07 Å². The molecule has 1 atom stereocenters. The first kappa shape index (κ1) is 14.6. The summed E-state index contributed by atoms with van der Waals surface area (Å²) in [6.45, 7) is 2.11. The van der Waals surface area contributed by atoms with E-state index in [0.29, 0.717) is 6.42 Å². The lowest BCUT2D eigenvalue weighted by Crippen LogP contribution is -2.29. The van der Waals surface area contributed by atoms with Gasteiger partial charge in [0.05, 0.1) is 10.5 Å². The fourth-order valence-electron chi connectivity index (χ4n) is 1.45. The molecule has 0 aromatic heterocycles. The Bertz CT molecular complexity index is 534. The van der Waals surface area contributed by atoms with Crippen LogP contribution in [0.3, 0.4) is 0 Å². The maximum absolute atomic E-state index is 12.0. The fourth-order valence-corrected chi connectivity index (χ4v) is 2.77. The van der Waals surface area contributed by atoms with Crippen molar-refractivity contribution in [1.82, 2.24) is 4.72 Å². The maximum Gasteiger partial charge on any atom is 0.241 e. The topological polar surface area (TPSA) is 90.2 Å². The molecule has 0 fully saturated rings. The summed E-state index contributed by atoms with van der Waals surface area (Å²) < 4.78 is 26.4. The first-order chi connectivity index (χ1) is 8.51. The van der Waals surface area contributed by atoms with Gasteiger partial charge in [-0.25, -0.2) is 13.1 Å². The molecule has 1 unspecified atom stereocenters. The Morgan fingerprint density at radius 3 is 2.72 bits per heavy atom. The van der Waals surface area contributed by atoms with Crippen molar-refractivity contribution in [2.45, 2.75) is 18.2 Å². The van der Waals surface area contributed by atoms with E-state index in [1.165, 1.54) is 12.1 Å². The molecule has 1 rings (SSSR count). The van der Waals surface area contributed by atoms with Crippen LogP contribution < -0.4 is 4.72 Å². The van der Waals surface area contributed by atoms with E-state index in [1.807, 2.05) is 13.0 Å². The van der Waals surface area contributed by atoms with Gasteiger partial charge >= 0.3 is 0 Å². The lowest BCUT2D eigenvalue weighted by Gasteiger charge is -2.12. The van der Waals surface area contributed by atoms with Crippen molar-refractivity contribution < 1.29 is 13.5 Å². The highest BCUT2D eigenvalue weighted by atomic mass is 32.2. The van der Waals surface area contributed by atoms with Crippen LogP contribution in [0.25, 0.3) is 0 Å². The fraction of sp³-hybridized carbons (Fsp3) is 0.417. The summed E-state index contributed by atoms with van der Waals surface area (Å²) in [5.74, 6) is 0.0408. The largest absolute Gasteiger partial charge is 0.396 e. The molecule has 0 bridgehead atoms. The average Bonchev–Trinajstić information content (AvgIpc) is 2.37. The van der Waals surface area contributed by atoms with Crippen molar-refractivity contribution in [2.75, 3.05) is 13.2 Å². The van der Waals surface area contributed by atoms with Crippen LogP contribution in [0.2, 0.25) is 0 Å². The number of hydrogen-bond donors (Lipinski definition) is 2. The maximum atomic E-state index is 12.0. The summed E-state index contributed by atoms with van der Waals surface area (Å²) in [6, 6.07) is 7.91. The van der Waals surface area contributed by atoms with Gasteiger partial charge in [-0.2, -0.15) is 5.26 Å². The molecule has 6 heteroatoms. The quantitative estimate of drug-likeness (QED) is 0.800. The minimum atomic E-state index is -3.67. The van der Waals surface area contributed by atoms with E-state index in [0.717, 1.165) is 0 Å². The SMILES string of the molecule is CC(CCO)CNS(=O)(=O)c1ccccc1C#N. The number of nitriles is 1. The molecule has 98 valence electrons. The Morgan fingerprint density at radius 1 is 1.44 bits per heavy atom. The molecule has 0 saturated heterocycles. The number of hydrogen-bond acceptors (Lipinski definition) is 4. The third-order valence-electron chi connectivity index (χ3n) is 2.54. The molecule has 0 aliphatic rings. The first-order valence-corrected chi connectivity index (χ1v) is 7.09. The average molecular weight is 268 g/mol. The number of nitrogens with zero attached hydrogens (tertiary/aromatic N) is 1. The van der Waals surface area contributed by atoms with Gasteiger partial charge in [-0.15, -0.1) is 0 Å². The Kier molecular flexibility index (Phi) is 5.28. The number of benzene rings is 1.